The molecule has 0 aromatic carbocycles. The van der Waals surface area contributed by atoms with Crippen LogP contribution >= 0.6 is 11.3 Å². The van der Waals surface area contributed by atoms with Crippen LogP contribution in [0.15, 0.2) is 17.8 Å². The van der Waals surface area contributed by atoms with Crippen molar-refractivity contribution in [2.75, 3.05) is 13.1 Å². The van der Waals surface area contributed by atoms with Crippen molar-refractivity contribution in [2.24, 2.45) is 0 Å². The largest absolute Gasteiger partial charge is 0.338 e. The Balaban J connectivity index is 1.88. The molecular weight excluding hydrogens is 250 g/mol. The van der Waals surface area contributed by atoms with E-state index in [1.165, 1.54) is 28.8 Å². The van der Waals surface area contributed by atoms with Gasteiger partial charge in [-0.05, 0) is 41.1 Å². The average molecular weight is 263 g/mol. The number of amides is 1. The van der Waals surface area contributed by atoms with E-state index in [9.17, 15) is 4.79 Å². The summed E-state index contributed by atoms with van der Waals surface area (Å²) in [7, 11) is 0. The Morgan fingerprint density at radius 2 is 2.11 bits per heavy atom. The van der Waals surface area contributed by atoms with Gasteiger partial charge in [-0.1, -0.05) is 0 Å². The molecule has 0 atom stereocenters. The third-order valence-corrected chi connectivity index (χ3v) is 3.97. The van der Waals surface area contributed by atoms with Crippen molar-refractivity contribution < 1.29 is 4.79 Å². The topological polar surface area (TPSA) is 63.9 Å². The minimum Gasteiger partial charge on any atom is -0.338 e. The standard InChI is InChI=1S/C11H13N5OS/c17-11(15-5-2-1-3-6-15)10-9(4-7-18-10)16-8-12-13-14-16/h4,7-8H,1-3,5-6H2. The van der Waals surface area contributed by atoms with Crippen LogP contribution in [0, 0.1) is 0 Å². The molecule has 18 heavy (non-hydrogen) atoms. The van der Waals surface area contributed by atoms with Gasteiger partial charge in [-0.15, -0.1) is 16.4 Å². The van der Waals surface area contributed by atoms with Crippen molar-refractivity contribution in [3.8, 4) is 5.69 Å². The second-order valence-electron chi connectivity index (χ2n) is 4.24. The van der Waals surface area contributed by atoms with Crippen LogP contribution in [-0.4, -0.2) is 44.1 Å². The van der Waals surface area contributed by atoms with Gasteiger partial charge in [0.15, 0.2) is 0 Å². The van der Waals surface area contributed by atoms with Gasteiger partial charge in [0.25, 0.3) is 5.91 Å². The molecule has 1 aliphatic rings. The summed E-state index contributed by atoms with van der Waals surface area (Å²) in [5, 5.41) is 12.9. The molecular formula is C11H13N5OS. The lowest BCUT2D eigenvalue weighted by atomic mass is 10.1. The van der Waals surface area contributed by atoms with Crippen LogP contribution < -0.4 is 0 Å². The molecule has 0 aliphatic carbocycles. The molecule has 0 N–H and O–H groups in total. The van der Waals surface area contributed by atoms with Crippen LogP contribution in [0.4, 0.5) is 0 Å². The monoisotopic (exact) mass is 263 g/mol. The maximum atomic E-state index is 12.4. The van der Waals surface area contributed by atoms with Gasteiger partial charge in [-0.25, -0.2) is 0 Å². The summed E-state index contributed by atoms with van der Waals surface area (Å²) in [6.45, 7) is 1.71. The second-order valence-corrected chi connectivity index (χ2v) is 5.16. The van der Waals surface area contributed by atoms with Crippen molar-refractivity contribution in [1.29, 1.82) is 0 Å². The zero-order valence-electron chi connectivity index (χ0n) is 9.82. The van der Waals surface area contributed by atoms with Crippen LogP contribution in [0.2, 0.25) is 0 Å². The fraction of sp³-hybridized carbons (Fsp3) is 0.455. The Labute approximate surface area is 108 Å². The van der Waals surface area contributed by atoms with Gasteiger partial charge in [-0.2, -0.15) is 4.68 Å². The maximum Gasteiger partial charge on any atom is 0.266 e. The van der Waals surface area contributed by atoms with Crippen molar-refractivity contribution >= 4 is 17.2 Å². The van der Waals surface area contributed by atoms with Gasteiger partial charge in [0.05, 0.1) is 5.69 Å². The third kappa shape index (κ3) is 2.01. The Bertz CT molecular complexity index is 529. The molecule has 3 rings (SSSR count). The van der Waals surface area contributed by atoms with Gasteiger partial charge >= 0.3 is 0 Å². The Hall–Kier alpha value is -1.76. The van der Waals surface area contributed by atoms with Crippen LogP contribution in [0.1, 0.15) is 28.9 Å². The average Bonchev–Trinajstić information content (AvgIpc) is 3.09. The van der Waals surface area contributed by atoms with E-state index in [2.05, 4.69) is 15.5 Å². The zero-order valence-corrected chi connectivity index (χ0v) is 10.6. The summed E-state index contributed by atoms with van der Waals surface area (Å²) in [4.78, 5) is 15.1. The molecule has 0 unspecified atom stereocenters. The maximum absolute atomic E-state index is 12.4. The number of hydrogen-bond donors (Lipinski definition) is 0. The minimum absolute atomic E-state index is 0.0928. The summed E-state index contributed by atoms with van der Waals surface area (Å²) in [5.41, 5.74) is 0.764. The smallest absolute Gasteiger partial charge is 0.266 e. The molecule has 1 fully saturated rings. The molecule has 7 heteroatoms. The normalized spacial score (nSPS) is 15.9. The van der Waals surface area contributed by atoms with E-state index in [-0.39, 0.29) is 5.91 Å². The van der Waals surface area contributed by atoms with E-state index in [0.29, 0.717) is 4.88 Å². The number of nitrogens with zero attached hydrogens (tertiary/aromatic N) is 5. The van der Waals surface area contributed by atoms with Gasteiger partial charge in [0.1, 0.15) is 11.2 Å². The quantitative estimate of drug-likeness (QED) is 0.820. The molecule has 94 valence electrons. The fourth-order valence-corrected chi connectivity index (χ4v) is 3.00. The molecule has 0 spiro atoms. The molecule has 0 radical (unpaired) electrons. The van der Waals surface area contributed by atoms with Gasteiger partial charge in [0, 0.05) is 13.1 Å². The summed E-state index contributed by atoms with van der Waals surface area (Å²) in [5.74, 6) is 0.0928. The van der Waals surface area contributed by atoms with Crippen molar-refractivity contribution in [2.45, 2.75) is 19.3 Å². The first kappa shape index (κ1) is 11.3. The van der Waals surface area contributed by atoms with Gasteiger partial charge in [-0.3, -0.25) is 4.79 Å². The Kier molecular flexibility index (Phi) is 3.06. The summed E-state index contributed by atoms with van der Waals surface area (Å²) in [6, 6.07) is 1.87. The molecule has 2 aromatic heterocycles. The van der Waals surface area contributed by atoms with Crippen molar-refractivity contribution in [3.63, 3.8) is 0 Å². The molecule has 1 aliphatic heterocycles. The predicted octanol–water partition coefficient (Wildman–Crippen LogP) is 1.35. The molecule has 0 saturated carbocycles. The van der Waals surface area contributed by atoms with Gasteiger partial charge < -0.3 is 4.90 Å². The van der Waals surface area contributed by atoms with Crippen molar-refractivity contribution in [1.82, 2.24) is 25.1 Å². The second kappa shape index (κ2) is 4.85. The first-order valence-electron chi connectivity index (χ1n) is 5.96. The first-order valence-corrected chi connectivity index (χ1v) is 6.84. The van der Waals surface area contributed by atoms with Crippen molar-refractivity contribution in [3.05, 3.63) is 22.7 Å². The fourth-order valence-electron chi connectivity index (χ4n) is 2.16. The lowest BCUT2D eigenvalue weighted by Crippen LogP contribution is -2.35. The SMILES string of the molecule is O=C(c1sccc1-n1cnnn1)N1CCCCC1. The lowest BCUT2D eigenvalue weighted by Gasteiger charge is -2.26. The number of piperidine rings is 1. The first-order chi connectivity index (χ1) is 8.86. The van der Waals surface area contributed by atoms with E-state index < -0.39 is 0 Å². The van der Waals surface area contributed by atoms with E-state index in [1.807, 2.05) is 16.3 Å². The molecule has 1 amide bonds. The number of aromatic nitrogens is 4. The highest BCUT2D eigenvalue weighted by Crippen LogP contribution is 2.23. The summed E-state index contributed by atoms with van der Waals surface area (Å²) >= 11 is 1.44. The molecule has 6 nitrogen and oxygen atoms in total. The number of rotatable bonds is 2. The summed E-state index contributed by atoms with van der Waals surface area (Å²) in [6.07, 6.45) is 4.91. The highest BCUT2D eigenvalue weighted by Gasteiger charge is 2.22. The number of carbonyl (C=O) groups is 1. The van der Waals surface area contributed by atoms with E-state index >= 15 is 0 Å². The zero-order chi connectivity index (χ0) is 12.4. The molecule has 2 aromatic rings. The molecule has 0 bridgehead atoms. The van der Waals surface area contributed by atoms with E-state index in [4.69, 9.17) is 0 Å². The van der Waals surface area contributed by atoms with Crippen LogP contribution in [-0.2, 0) is 0 Å². The Morgan fingerprint density at radius 1 is 1.28 bits per heavy atom. The van der Waals surface area contributed by atoms with Crippen LogP contribution in [0.5, 0.6) is 0 Å². The predicted molar refractivity (Wildman–Crippen MR) is 66.8 cm³/mol. The lowest BCUT2D eigenvalue weighted by molar-refractivity contribution is 0.0729. The van der Waals surface area contributed by atoms with E-state index in [1.54, 1.807) is 0 Å². The van der Waals surface area contributed by atoms with Gasteiger partial charge in [0.2, 0.25) is 0 Å². The van der Waals surface area contributed by atoms with Crippen LogP contribution in [0.3, 0.4) is 0 Å². The Morgan fingerprint density at radius 3 is 2.83 bits per heavy atom. The number of hydrogen-bond acceptors (Lipinski definition) is 5. The minimum atomic E-state index is 0.0928. The number of likely N-dealkylation sites (tertiary alicyclic amines) is 1. The number of tetrazole rings is 1. The van der Waals surface area contributed by atoms with E-state index in [0.717, 1.165) is 31.6 Å². The molecule has 1 saturated heterocycles. The number of thiophene rings is 1. The van der Waals surface area contributed by atoms with Crippen LogP contribution in [0.25, 0.3) is 5.69 Å². The highest BCUT2D eigenvalue weighted by molar-refractivity contribution is 7.12. The molecule has 3 heterocycles. The number of carbonyl (C=O) groups excluding carboxylic acids is 1. The highest BCUT2D eigenvalue weighted by atomic mass is 32.1. The summed E-state index contributed by atoms with van der Waals surface area (Å²) < 4.78 is 1.54. The third-order valence-electron chi connectivity index (χ3n) is 3.08.